The summed E-state index contributed by atoms with van der Waals surface area (Å²) < 4.78 is 0. The highest BCUT2D eigenvalue weighted by Crippen LogP contribution is 2.16. The first kappa shape index (κ1) is 15.5. The maximum absolute atomic E-state index is 12.5. The van der Waals surface area contributed by atoms with Crippen molar-refractivity contribution in [2.75, 3.05) is 26.2 Å². The van der Waals surface area contributed by atoms with Gasteiger partial charge in [-0.2, -0.15) is 0 Å². The second-order valence-electron chi connectivity index (χ2n) is 5.46. The Morgan fingerprint density at radius 2 is 2.09 bits per heavy atom. The van der Waals surface area contributed by atoms with Crippen molar-refractivity contribution in [1.29, 1.82) is 0 Å². The van der Waals surface area contributed by atoms with E-state index < -0.39 is 0 Å². The molecule has 0 atom stereocenters. The number of nitrogens with zero attached hydrogens (tertiary/aromatic N) is 3. The quantitative estimate of drug-likeness (QED) is 0.865. The van der Waals surface area contributed by atoms with Gasteiger partial charge in [0.15, 0.2) is 0 Å². The molecule has 0 saturated carbocycles. The van der Waals surface area contributed by atoms with Crippen molar-refractivity contribution in [2.45, 2.75) is 13.5 Å². The zero-order valence-electron chi connectivity index (χ0n) is 12.5. The van der Waals surface area contributed by atoms with Crippen LogP contribution in [0.25, 0.3) is 0 Å². The lowest BCUT2D eigenvalue weighted by Crippen LogP contribution is -2.48. The molecule has 0 N–H and O–H groups in total. The Labute approximate surface area is 139 Å². The predicted octanol–water partition coefficient (Wildman–Crippen LogP) is 3.06. The van der Waals surface area contributed by atoms with E-state index in [9.17, 15) is 4.79 Å². The largest absolute Gasteiger partial charge is 0.336 e. The van der Waals surface area contributed by atoms with E-state index in [1.54, 1.807) is 23.5 Å². The van der Waals surface area contributed by atoms with E-state index in [1.165, 1.54) is 0 Å². The van der Waals surface area contributed by atoms with E-state index in [0.29, 0.717) is 10.6 Å². The van der Waals surface area contributed by atoms with Gasteiger partial charge in [-0.25, -0.2) is 4.98 Å². The third kappa shape index (κ3) is 3.66. The fourth-order valence-electron chi connectivity index (χ4n) is 2.58. The van der Waals surface area contributed by atoms with Crippen LogP contribution in [0, 0.1) is 6.92 Å². The average molecular weight is 336 g/mol. The first-order valence-corrected chi connectivity index (χ1v) is 8.56. The minimum Gasteiger partial charge on any atom is -0.336 e. The number of hydrogen-bond acceptors (Lipinski definition) is 4. The fourth-order valence-corrected chi connectivity index (χ4v) is 3.58. The van der Waals surface area contributed by atoms with Gasteiger partial charge in [0.05, 0.1) is 6.54 Å². The van der Waals surface area contributed by atoms with E-state index in [0.717, 1.165) is 43.4 Å². The standard InChI is InChI=1S/C16H18ClN3OS/c1-12-11-22-15(18-12)10-19-5-7-20(8-6-19)16(21)13-3-2-4-14(17)9-13/h2-4,9,11H,5-8,10H2,1H3. The number of aromatic nitrogens is 1. The Kier molecular flexibility index (Phi) is 4.76. The lowest BCUT2D eigenvalue weighted by atomic mass is 10.2. The van der Waals surface area contributed by atoms with Crippen molar-refractivity contribution in [2.24, 2.45) is 0 Å². The number of carbonyl (C=O) groups excluding carboxylic acids is 1. The second kappa shape index (κ2) is 6.77. The summed E-state index contributed by atoms with van der Waals surface area (Å²) in [6, 6.07) is 7.15. The summed E-state index contributed by atoms with van der Waals surface area (Å²) in [7, 11) is 0. The summed E-state index contributed by atoms with van der Waals surface area (Å²) in [6.45, 7) is 6.14. The van der Waals surface area contributed by atoms with Gasteiger partial charge in [0.1, 0.15) is 5.01 Å². The second-order valence-corrected chi connectivity index (χ2v) is 6.84. The maximum atomic E-state index is 12.5. The molecule has 4 nitrogen and oxygen atoms in total. The molecule has 6 heteroatoms. The zero-order valence-corrected chi connectivity index (χ0v) is 14.0. The van der Waals surface area contributed by atoms with Gasteiger partial charge in [-0.15, -0.1) is 11.3 Å². The molecule has 0 aliphatic carbocycles. The number of hydrogen-bond donors (Lipinski definition) is 0. The lowest BCUT2D eigenvalue weighted by molar-refractivity contribution is 0.0628. The van der Waals surface area contributed by atoms with Crippen LogP contribution in [-0.4, -0.2) is 46.9 Å². The summed E-state index contributed by atoms with van der Waals surface area (Å²) in [5, 5.41) is 3.82. The van der Waals surface area contributed by atoms with E-state index in [-0.39, 0.29) is 5.91 Å². The number of rotatable bonds is 3. The first-order chi connectivity index (χ1) is 10.6. The number of aryl methyl sites for hydroxylation is 1. The summed E-state index contributed by atoms with van der Waals surface area (Å²) in [6.07, 6.45) is 0. The first-order valence-electron chi connectivity index (χ1n) is 7.30. The van der Waals surface area contributed by atoms with Crippen molar-refractivity contribution in [3.63, 3.8) is 0 Å². The molecule has 1 aromatic heterocycles. The molecule has 116 valence electrons. The fraction of sp³-hybridized carbons (Fsp3) is 0.375. The van der Waals surface area contributed by atoms with Crippen molar-refractivity contribution in [1.82, 2.24) is 14.8 Å². The highest BCUT2D eigenvalue weighted by molar-refractivity contribution is 7.09. The molecule has 2 aromatic rings. The SMILES string of the molecule is Cc1csc(CN2CCN(C(=O)c3cccc(Cl)c3)CC2)n1. The molecule has 0 unspecified atom stereocenters. The molecule has 0 bridgehead atoms. The van der Waals surface area contributed by atoms with Gasteiger partial charge in [-0.3, -0.25) is 9.69 Å². The Bertz CT molecular complexity index is 665. The van der Waals surface area contributed by atoms with Crippen molar-refractivity contribution in [3.05, 3.63) is 50.9 Å². The maximum Gasteiger partial charge on any atom is 0.253 e. The number of amides is 1. The van der Waals surface area contributed by atoms with Gasteiger partial charge in [0.25, 0.3) is 5.91 Å². The minimum atomic E-state index is 0.0623. The van der Waals surface area contributed by atoms with Crippen molar-refractivity contribution >= 4 is 28.8 Å². The van der Waals surface area contributed by atoms with E-state index >= 15 is 0 Å². The van der Waals surface area contributed by atoms with Gasteiger partial charge in [0, 0.05) is 47.8 Å². The van der Waals surface area contributed by atoms with Crippen LogP contribution >= 0.6 is 22.9 Å². The van der Waals surface area contributed by atoms with Gasteiger partial charge in [-0.05, 0) is 25.1 Å². The van der Waals surface area contributed by atoms with Crippen LogP contribution in [-0.2, 0) is 6.54 Å². The molecule has 1 saturated heterocycles. The van der Waals surface area contributed by atoms with Crippen LogP contribution in [0.4, 0.5) is 0 Å². The Hall–Kier alpha value is -1.43. The van der Waals surface area contributed by atoms with Crippen LogP contribution < -0.4 is 0 Å². The van der Waals surface area contributed by atoms with Crippen molar-refractivity contribution < 1.29 is 4.79 Å². The number of piperazine rings is 1. The monoisotopic (exact) mass is 335 g/mol. The molecule has 1 amide bonds. The molecular weight excluding hydrogens is 318 g/mol. The van der Waals surface area contributed by atoms with Crippen LogP contribution in [0.1, 0.15) is 21.1 Å². The normalized spacial score (nSPS) is 16.0. The Balaban J connectivity index is 1.56. The van der Waals surface area contributed by atoms with Crippen LogP contribution in [0.2, 0.25) is 5.02 Å². The Morgan fingerprint density at radius 1 is 1.32 bits per heavy atom. The van der Waals surface area contributed by atoms with Crippen LogP contribution in [0.3, 0.4) is 0 Å². The molecule has 2 heterocycles. The number of benzene rings is 1. The van der Waals surface area contributed by atoms with Crippen LogP contribution in [0.5, 0.6) is 0 Å². The highest BCUT2D eigenvalue weighted by atomic mass is 35.5. The molecule has 22 heavy (non-hydrogen) atoms. The molecule has 1 aliphatic heterocycles. The number of halogens is 1. The third-order valence-electron chi connectivity index (χ3n) is 3.76. The molecule has 0 spiro atoms. The molecule has 1 aromatic carbocycles. The lowest BCUT2D eigenvalue weighted by Gasteiger charge is -2.34. The van der Waals surface area contributed by atoms with Gasteiger partial charge in [-0.1, -0.05) is 17.7 Å². The van der Waals surface area contributed by atoms with E-state index in [2.05, 4.69) is 15.3 Å². The summed E-state index contributed by atoms with van der Waals surface area (Å²) in [5.74, 6) is 0.0623. The molecule has 1 aliphatic rings. The number of carbonyl (C=O) groups is 1. The molecular formula is C16H18ClN3OS. The zero-order chi connectivity index (χ0) is 15.5. The van der Waals surface area contributed by atoms with Crippen molar-refractivity contribution in [3.8, 4) is 0 Å². The van der Waals surface area contributed by atoms with Gasteiger partial charge >= 0.3 is 0 Å². The van der Waals surface area contributed by atoms with Gasteiger partial charge in [0.2, 0.25) is 0 Å². The van der Waals surface area contributed by atoms with E-state index in [1.807, 2.05) is 24.0 Å². The van der Waals surface area contributed by atoms with Gasteiger partial charge < -0.3 is 4.90 Å². The Morgan fingerprint density at radius 3 is 2.73 bits per heavy atom. The number of thiazole rings is 1. The topological polar surface area (TPSA) is 36.4 Å². The summed E-state index contributed by atoms with van der Waals surface area (Å²) in [4.78, 5) is 21.2. The molecule has 0 radical (unpaired) electrons. The third-order valence-corrected chi connectivity index (χ3v) is 4.94. The predicted molar refractivity (Wildman–Crippen MR) is 89.5 cm³/mol. The van der Waals surface area contributed by atoms with E-state index in [4.69, 9.17) is 11.6 Å². The highest BCUT2D eigenvalue weighted by Gasteiger charge is 2.22. The summed E-state index contributed by atoms with van der Waals surface area (Å²) >= 11 is 7.66. The molecule has 1 fully saturated rings. The van der Waals surface area contributed by atoms with Crippen LogP contribution in [0.15, 0.2) is 29.6 Å². The average Bonchev–Trinajstić information content (AvgIpc) is 2.92. The minimum absolute atomic E-state index is 0.0623. The smallest absolute Gasteiger partial charge is 0.253 e. The summed E-state index contributed by atoms with van der Waals surface area (Å²) in [5.41, 5.74) is 1.74. The molecule has 3 rings (SSSR count).